The van der Waals surface area contributed by atoms with Crippen LogP contribution in [0.25, 0.3) is 0 Å². The van der Waals surface area contributed by atoms with Crippen LogP contribution >= 0.6 is 23.2 Å². The summed E-state index contributed by atoms with van der Waals surface area (Å²) in [6, 6.07) is 14.5. The molecule has 192 valence electrons. The molecule has 2 fully saturated rings. The van der Waals surface area contributed by atoms with E-state index in [0.717, 1.165) is 11.1 Å². The number of hydrogen-bond donors (Lipinski definition) is 0. The maximum absolute atomic E-state index is 14.8. The number of halogens is 2. The Balaban J connectivity index is 2.05. The number of hydrogen-bond acceptors (Lipinski definition) is 5. The van der Waals surface area contributed by atoms with Crippen LogP contribution in [0.1, 0.15) is 63.5 Å². The molecule has 4 unspecified atom stereocenters. The number of ether oxygens (including phenoxy) is 2. The second-order valence-corrected chi connectivity index (χ2v) is 11.0. The Morgan fingerprint density at radius 1 is 0.778 bits per heavy atom. The van der Waals surface area contributed by atoms with Gasteiger partial charge in [0.2, 0.25) is 0 Å². The van der Waals surface area contributed by atoms with Crippen LogP contribution in [-0.2, 0) is 23.9 Å². The molecule has 0 heterocycles. The fourth-order valence-electron chi connectivity index (χ4n) is 7.02. The molecule has 5 nitrogen and oxygen atoms in total. The number of Topliss-reactive ketones (excluding diaryl/α,β-unsaturated/α-hetero) is 1. The molecule has 7 heteroatoms. The largest absolute Gasteiger partial charge is 0.465 e. The number of carbonyl (C=O) groups excluding carboxylic acids is 3. The van der Waals surface area contributed by atoms with E-state index in [0.29, 0.717) is 22.9 Å². The molecule has 2 aromatic rings. The van der Waals surface area contributed by atoms with Gasteiger partial charge in [0, 0.05) is 21.9 Å². The van der Waals surface area contributed by atoms with Gasteiger partial charge in [-0.05, 0) is 73.9 Å². The van der Waals surface area contributed by atoms with E-state index in [-0.39, 0.29) is 25.0 Å². The van der Waals surface area contributed by atoms with Crippen LogP contribution in [0.2, 0.25) is 10.0 Å². The standard InChI is InChI=1S/C29H32Cl2O5/c1-5-35-26(33)28-15-17(3)16-29(25(28)32,27(34)36-6-2)24(20-9-13-22(31)14-10-20)18(4)23(28)19-7-11-21(30)12-8-19/h7-14,17-18,23-24H,5-6,15-16H2,1-4H3. The molecule has 0 spiro atoms. The van der Waals surface area contributed by atoms with Crippen LogP contribution in [0, 0.1) is 22.7 Å². The molecule has 4 atom stereocenters. The van der Waals surface area contributed by atoms with Crippen molar-refractivity contribution in [3.05, 3.63) is 69.7 Å². The number of ketones is 1. The van der Waals surface area contributed by atoms with Crippen LogP contribution in [-0.4, -0.2) is 30.9 Å². The zero-order chi connectivity index (χ0) is 26.3. The van der Waals surface area contributed by atoms with Crippen molar-refractivity contribution in [1.82, 2.24) is 0 Å². The molecule has 2 saturated carbocycles. The molecule has 2 aliphatic carbocycles. The Hall–Kier alpha value is -2.37. The summed E-state index contributed by atoms with van der Waals surface area (Å²) in [5.74, 6) is -2.98. The van der Waals surface area contributed by atoms with Crippen LogP contribution < -0.4 is 0 Å². The summed E-state index contributed by atoms with van der Waals surface area (Å²) in [4.78, 5) is 42.5. The van der Waals surface area contributed by atoms with E-state index in [1.165, 1.54) is 0 Å². The average molecular weight is 531 g/mol. The summed E-state index contributed by atoms with van der Waals surface area (Å²) >= 11 is 12.4. The van der Waals surface area contributed by atoms with Gasteiger partial charge in [0.05, 0.1) is 13.2 Å². The molecule has 0 aromatic heterocycles. The summed E-state index contributed by atoms with van der Waals surface area (Å²) < 4.78 is 11.2. The molecule has 0 amide bonds. The Morgan fingerprint density at radius 2 is 1.14 bits per heavy atom. The summed E-state index contributed by atoms with van der Waals surface area (Å²) in [7, 11) is 0. The number of esters is 2. The monoisotopic (exact) mass is 530 g/mol. The topological polar surface area (TPSA) is 69.7 Å². The highest BCUT2D eigenvalue weighted by atomic mass is 35.5. The van der Waals surface area contributed by atoms with Gasteiger partial charge in [0.15, 0.2) is 5.78 Å². The van der Waals surface area contributed by atoms with Crippen LogP contribution in [0.3, 0.4) is 0 Å². The molecular formula is C29H32Cl2O5. The maximum atomic E-state index is 14.8. The second-order valence-electron chi connectivity index (χ2n) is 10.1. The number of benzene rings is 2. The molecule has 36 heavy (non-hydrogen) atoms. The lowest BCUT2D eigenvalue weighted by Crippen LogP contribution is -2.67. The van der Waals surface area contributed by atoms with Crippen molar-refractivity contribution in [2.75, 3.05) is 13.2 Å². The van der Waals surface area contributed by atoms with Gasteiger partial charge in [-0.15, -0.1) is 0 Å². The highest BCUT2D eigenvalue weighted by molar-refractivity contribution is 6.30. The van der Waals surface area contributed by atoms with Gasteiger partial charge in [0.1, 0.15) is 10.8 Å². The summed E-state index contributed by atoms with van der Waals surface area (Å²) in [6.45, 7) is 7.73. The third kappa shape index (κ3) is 4.05. The minimum Gasteiger partial charge on any atom is -0.465 e. The minimum absolute atomic E-state index is 0.103. The quantitative estimate of drug-likeness (QED) is 0.310. The first kappa shape index (κ1) is 26.7. The molecule has 0 radical (unpaired) electrons. The fraction of sp³-hybridized carbons (Fsp3) is 0.483. The van der Waals surface area contributed by atoms with Gasteiger partial charge >= 0.3 is 11.9 Å². The molecule has 0 aliphatic heterocycles. The lowest BCUT2D eigenvalue weighted by atomic mass is 9.40. The second kappa shape index (κ2) is 10.2. The molecule has 2 bridgehead atoms. The van der Waals surface area contributed by atoms with Crippen molar-refractivity contribution >= 4 is 40.9 Å². The first-order chi connectivity index (χ1) is 17.1. The Kier molecular flexibility index (Phi) is 7.55. The van der Waals surface area contributed by atoms with Gasteiger partial charge < -0.3 is 9.47 Å². The summed E-state index contributed by atoms with van der Waals surface area (Å²) in [6.07, 6.45) is 0.605. The Labute approximate surface area is 222 Å². The molecule has 2 aliphatic rings. The van der Waals surface area contributed by atoms with Crippen LogP contribution in [0.5, 0.6) is 0 Å². The highest BCUT2D eigenvalue weighted by Gasteiger charge is 2.74. The predicted octanol–water partition coefficient (Wildman–Crippen LogP) is 6.61. The molecule has 0 N–H and O–H groups in total. The van der Waals surface area contributed by atoms with Crippen molar-refractivity contribution in [2.24, 2.45) is 22.7 Å². The van der Waals surface area contributed by atoms with Gasteiger partial charge in [-0.3, -0.25) is 14.4 Å². The summed E-state index contributed by atoms with van der Waals surface area (Å²) in [5, 5.41) is 1.12. The van der Waals surface area contributed by atoms with E-state index < -0.39 is 40.4 Å². The highest BCUT2D eigenvalue weighted by Crippen LogP contribution is 2.67. The van der Waals surface area contributed by atoms with Crippen molar-refractivity contribution in [1.29, 1.82) is 0 Å². The molecule has 0 saturated heterocycles. The van der Waals surface area contributed by atoms with Crippen LogP contribution in [0.15, 0.2) is 48.5 Å². The lowest BCUT2D eigenvalue weighted by molar-refractivity contribution is -0.191. The van der Waals surface area contributed by atoms with Gasteiger partial charge in [-0.2, -0.15) is 0 Å². The van der Waals surface area contributed by atoms with E-state index >= 15 is 0 Å². The van der Waals surface area contributed by atoms with Gasteiger partial charge in [-0.1, -0.05) is 61.3 Å². The SMILES string of the molecule is CCOC(=O)C12CC(C)CC(C(=O)OCC)(C1=O)C(c1ccc(Cl)cc1)C(C)C2c1ccc(Cl)cc1. The average Bonchev–Trinajstić information content (AvgIpc) is 2.83. The predicted molar refractivity (Wildman–Crippen MR) is 139 cm³/mol. The smallest absolute Gasteiger partial charge is 0.320 e. The van der Waals surface area contributed by atoms with Crippen molar-refractivity contribution in [3.63, 3.8) is 0 Å². The normalized spacial score (nSPS) is 31.6. The van der Waals surface area contributed by atoms with Gasteiger partial charge in [-0.25, -0.2) is 0 Å². The summed E-state index contributed by atoms with van der Waals surface area (Å²) in [5.41, 5.74) is -1.40. The zero-order valence-corrected chi connectivity index (χ0v) is 22.6. The third-order valence-electron chi connectivity index (χ3n) is 8.00. The van der Waals surface area contributed by atoms with E-state index in [1.54, 1.807) is 38.1 Å². The van der Waals surface area contributed by atoms with Crippen LogP contribution in [0.4, 0.5) is 0 Å². The van der Waals surface area contributed by atoms with Gasteiger partial charge in [0.25, 0.3) is 0 Å². The van der Waals surface area contributed by atoms with Crippen molar-refractivity contribution < 1.29 is 23.9 Å². The fourth-order valence-corrected chi connectivity index (χ4v) is 7.28. The number of carbonyl (C=O) groups is 3. The first-order valence-corrected chi connectivity index (χ1v) is 13.3. The van der Waals surface area contributed by atoms with E-state index in [4.69, 9.17) is 32.7 Å². The van der Waals surface area contributed by atoms with E-state index in [1.807, 2.05) is 38.1 Å². The number of fused-ring (bicyclic) bond motifs is 2. The molecule has 2 aromatic carbocycles. The van der Waals surface area contributed by atoms with E-state index in [9.17, 15) is 14.4 Å². The Morgan fingerprint density at radius 3 is 1.47 bits per heavy atom. The maximum Gasteiger partial charge on any atom is 0.320 e. The third-order valence-corrected chi connectivity index (χ3v) is 8.51. The number of rotatable bonds is 6. The van der Waals surface area contributed by atoms with Crippen molar-refractivity contribution in [2.45, 2.75) is 52.4 Å². The van der Waals surface area contributed by atoms with Crippen molar-refractivity contribution in [3.8, 4) is 0 Å². The zero-order valence-electron chi connectivity index (χ0n) is 21.1. The Bertz CT molecular complexity index is 1060. The molecular weight excluding hydrogens is 499 g/mol. The minimum atomic E-state index is -1.52. The first-order valence-electron chi connectivity index (χ1n) is 12.5. The van der Waals surface area contributed by atoms with E-state index in [2.05, 4.69) is 0 Å². The molecule has 4 rings (SSSR count). The lowest BCUT2D eigenvalue weighted by Gasteiger charge is -2.59.